The van der Waals surface area contributed by atoms with E-state index in [4.69, 9.17) is 0 Å². The van der Waals surface area contributed by atoms with Crippen molar-refractivity contribution in [1.82, 2.24) is 15.6 Å². The standard InChI is InChI=1S/C15H24N4O.HI/c1-2-16-14(19-12-15(20)8-5-9-15)18-11-7-13-6-3-4-10-17-13;/h3-4,6,10,20H,2,5,7-9,11-12H2,1H3,(H2,16,18,19);1H. The van der Waals surface area contributed by atoms with E-state index in [-0.39, 0.29) is 24.0 Å². The van der Waals surface area contributed by atoms with Gasteiger partial charge in [0.1, 0.15) is 0 Å². The van der Waals surface area contributed by atoms with Gasteiger partial charge in [0.2, 0.25) is 0 Å². The van der Waals surface area contributed by atoms with Crippen molar-refractivity contribution in [3.05, 3.63) is 30.1 Å². The molecule has 0 unspecified atom stereocenters. The second-order valence-electron chi connectivity index (χ2n) is 5.27. The first-order valence-corrected chi connectivity index (χ1v) is 7.36. The molecule has 1 fully saturated rings. The van der Waals surface area contributed by atoms with Gasteiger partial charge in [0.05, 0.1) is 12.1 Å². The summed E-state index contributed by atoms with van der Waals surface area (Å²) < 4.78 is 0. The number of aliphatic hydroxyl groups is 1. The minimum atomic E-state index is -0.566. The molecule has 0 amide bonds. The summed E-state index contributed by atoms with van der Waals surface area (Å²) in [5, 5.41) is 16.5. The van der Waals surface area contributed by atoms with Gasteiger partial charge >= 0.3 is 0 Å². The SMILES string of the molecule is CCNC(=NCC1(O)CCC1)NCCc1ccccn1.I. The number of hydrogen-bond donors (Lipinski definition) is 3. The van der Waals surface area contributed by atoms with E-state index in [2.05, 4.69) is 20.6 Å². The smallest absolute Gasteiger partial charge is 0.191 e. The van der Waals surface area contributed by atoms with Crippen molar-refractivity contribution >= 4 is 29.9 Å². The second-order valence-corrected chi connectivity index (χ2v) is 5.27. The van der Waals surface area contributed by atoms with Gasteiger partial charge in [-0.15, -0.1) is 24.0 Å². The van der Waals surface area contributed by atoms with E-state index in [0.717, 1.165) is 50.4 Å². The average molecular weight is 404 g/mol. The zero-order valence-corrected chi connectivity index (χ0v) is 14.8. The van der Waals surface area contributed by atoms with Crippen LogP contribution in [0.3, 0.4) is 0 Å². The lowest BCUT2D eigenvalue weighted by molar-refractivity contribution is -0.0236. The largest absolute Gasteiger partial charge is 0.388 e. The number of guanidine groups is 1. The molecule has 1 aromatic heterocycles. The fraction of sp³-hybridized carbons (Fsp3) is 0.600. The highest BCUT2D eigenvalue weighted by atomic mass is 127. The van der Waals surface area contributed by atoms with Gasteiger partial charge in [-0.1, -0.05) is 6.07 Å². The van der Waals surface area contributed by atoms with Crippen LogP contribution in [0.25, 0.3) is 0 Å². The third kappa shape index (κ3) is 6.17. The molecular weight excluding hydrogens is 379 g/mol. The number of nitrogens with zero attached hydrogens (tertiary/aromatic N) is 2. The summed E-state index contributed by atoms with van der Waals surface area (Å²) in [5.41, 5.74) is 0.497. The van der Waals surface area contributed by atoms with Crippen molar-refractivity contribution in [2.75, 3.05) is 19.6 Å². The number of hydrogen-bond acceptors (Lipinski definition) is 3. The molecule has 1 aliphatic rings. The fourth-order valence-electron chi connectivity index (χ4n) is 2.17. The molecule has 1 aliphatic carbocycles. The van der Waals surface area contributed by atoms with Gasteiger partial charge in [-0.2, -0.15) is 0 Å². The van der Waals surface area contributed by atoms with Gasteiger partial charge < -0.3 is 15.7 Å². The minimum Gasteiger partial charge on any atom is -0.388 e. The lowest BCUT2D eigenvalue weighted by Crippen LogP contribution is -2.43. The molecule has 0 aliphatic heterocycles. The summed E-state index contributed by atoms with van der Waals surface area (Å²) >= 11 is 0. The highest BCUT2D eigenvalue weighted by molar-refractivity contribution is 14.0. The Morgan fingerprint density at radius 2 is 2.19 bits per heavy atom. The van der Waals surface area contributed by atoms with E-state index in [1.54, 1.807) is 6.20 Å². The molecule has 21 heavy (non-hydrogen) atoms. The van der Waals surface area contributed by atoms with Gasteiger partial charge in [-0.05, 0) is 38.3 Å². The van der Waals surface area contributed by atoms with Crippen LogP contribution in [0.1, 0.15) is 31.9 Å². The Morgan fingerprint density at radius 3 is 2.76 bits per heavy atom. The van der Waals surface area contributed by atoms with Crippen LogP contribution < -0.4 is 10.6 Å². The Labute approximate surface area is 143 Å². The summed E-state index contributed by atoms with van der Waals surface area (Å²) in [6.07, 6.45) is 5.50. The Kier molecular flexibility index (Phi) is 7.95. The Balaban J connectivity index is 0.00000220. The summed E-state index contributed by atoms with van der Waals surface area (Å²) in [7, 11) is 0. The van der Waals surface area contributed by atoms with Crippen molar-refractivity contribution in [2.24, 2.45) is 4.99 Å². The summed E-state index contributed by atoms with van der Waals surface area (Å²) in [5.74, 6) is 0.767. The maximum absolute atomic E-state index is 10.1. The molecule has 5 nitrogen and oxygen atoms in total. The molecule has 1 saturated carbocycles. The van der Waals surface area contributed by atoms with Crippen molar-refractivity contribution in [3.8, 4) is 0 Å². The molecular formula is C15H25IN4O. The molecule has 1 aromatic rings. The summed E-state index contributed by atoms with van der Waals surface area (Å²) in [4.78, 5) is 8.75. The minimum absolute atomic E-state index is 0. The normalized spacial score (nSPS) is 16.6. The number of nitrogens with one attached hydrogen (secondary N) is 2. The third-order valence-corrected chi connectivity index (χ3v) is 3.56. The maximum atomic E-state index is 10.1. The fourth-order valence-corrected chi connectivity index (χ4v) is 2.17. The predicted molar refractivity (Wildman–Crippen MR) is 96.1 cm³/mol. The molecule has 0 aromatic carbocycles. The predicted octanol–water partition coefficient (Wildman–Crippen LogP) is 1.71. The highest BCUT2D eigenvalue weighted by Gasteiger charge is 2.34. The third-order valence-electron chi connectivity index (χ3n) is 3.56. The van der Waals surface area contributed by atoms with Gasteiger partial charge in [0.25, 0.3) is 0 Å². The van der Waals surface area contributed by atoms with E-state index < -0.39 is 5.60 Å². The monoisotopic (exact) mass is 404 g/mol. The second kappa shape index (κ2) is 9.19. The molecule has 3 N–H and O–H groups in total. The number of aromatic nitrogens is 1. The van der Waals surface area contributed by atoms with Crippen LogP contribution in [0, 0.1) is 0 Å². The van der Waals surface area contributed by atoms with Crippen LogP contribution in [0.15, 0.2) is 29.4 Å². The van der Waals surface area contributed by atoms with E-state index in [1.165, 1.54) is 0 Å². The summed E-state index contributed by atoms with van der Waals surface area (Å²) in [6, 6.07) is 5.93. The number of pyridine rings is 1. The number of rotatable bonds is 6. The van der Waals surface area contributed by atoms with Gasteiger partial charge in [0.15, 0.2) is 5.96 Å². The van der Waals surface area contributed by atoms with Gasteiger partial charge in [-0.3, -0.25) is 9.98 Å². The Bertz CT molecular complexity index is 435. The molecule has 6 heteroatoms. The van der Waals surface area contributed by atoms with Gasteiger partial charge in [-0.25, -0.2) is 0 Å². The lowest BCUT2D eigenvalue weighted by atomic mass is 9.80. The van der Waals surface area contributed by atoms with E-state index in [0.29, 0.717) is 6.54 Å². The first-order valence-electron chi connectivity index (χ1n) is 7.36. The maximum Gasteiger partial charge on any atom is 0.191 e. The molecule has 118 valence electrons. The number of halogens is 1. The molecule has 0 saturated heterocycles. The Morgan fingerprint density at radius 1 is 1.38 bits per heavy atom. The number of aliphatic imine (C=N–C) groups is 1. The quantitative estimate of drug-likeness (QED) is 0.384. The van der Waals surface area contributed by atoms with Crippen LogP contribution in [0.2, 0.25) is 0 Å². The van der Waals surface area contributed by atoms with E-state index in [1.807, 2.05) is 25.1 Å². The first kappa shape index (κ1) is 18.2. The highest BCUT2D eigenvalue weighted by Crippen LogP contribution is 2.31. The van der Waals surface area contributed by atoms with Crippen molar-refractivity contribution in [1.29, 1.82) is 0 Å². The van der Waals surface area contributed by atoms with Crippen LogP contribution in [0.5, 0.6) is 0 Å². The molecule has 0 radical (unpaired) electrons. The van der Waals surface area contributed by atoms with Gasteiger partial charge in [0, 0.05) is 31.4 Å². The van der Waals surface area contributed by atoms with E-state index >= 15 is 0 Å². The zero-order chi connectivity index (χ0) is 14.3. The Hall–Kier alpha value is -0.890. The molecule has 0 spiro atoms. The van der Waals surface area contributed by atoms with Crippen molar-refractivity contribution < 1.29 is 5.11 Å². The molecule has 0 bridgehead atoms. The topological polar surface area (TPSA) is 69.5 Å². The molecule has 2 rings (SSSR count). The summed E-state index contributed by atoms with van der Waals surface area (Å²) in [6.45, 7) is 4.11. The van der Waals surface area contributed by atoms with Crippen LogP contribution >= 0.6 is 24.0 Å². The molecule has 1 heterocycles. The first-order chi connectivity index (χ1) is 9.72. The van der Waals surface area contributed by atoms with Crippen LogP contribution in [-0.2, 0) is 6.42 Å². The lowest BCUT2D eigenvalue weighted by Gasteiger charge is -2.35. The van der Waals surface area contributed by atoms with Crippen molar-refractivity contribution in [2.45, 2.75) is 38.2 Å². The van der Waals surface area contributed by atoms with Crippen molar-refractivity contribution in [3.63, 3.8) is 0 Å². The van der Waals surface area contributed by atoms with Crippen LogP contribution in [-0.4, -0.2) is 41.3 Å². The molecule has 0 atom stereocenters. The van der Waals surface area contributed by atoms with E-state index in [9.17, 15) is 5.11 Å². The average Bonchev–Trinajstić information content (AvgIpc) is 2.44. The zero-order valence-electron chi connectivity index (χ0n) is 12.5. The van der Waals surface area contributed by atoms with Crippen LogP contribution in [0.4, 0.5) is 0 Å².